The zero-order valence-electron chi connectivity index (χ0n) is 14.7. The van der Waals surface area contributed by atoms with Crippen LogP contribution in [0.1, 0.15) is 36.8 Å². The minimum atomic E-state index is 0.255. The first kappa shape index (κ1) is 16.4. The molecule has 25 heavy (non-hydrogen) atoms. The fourth-order valence-electron chi connectivity index (χ4n) is 4.47. The van der Waals surface area contributed by atoms with E-state index < -0.39 is 0 Å². The molecule has 4 heteroatoms. The lowest BCUT2D eigenvalue weighted by molar-refractivity contribution is -0.140. The number of likely N-dealkylation sites (tertiary alicyclic amines) is 2. The molecule has 4 nitrogen and oxygen atoms in total. The summed E-state index contributed by atoms with van der Waals surface area (Å²) in [7, 11) is 0. The van der Waals surface area contributed by atoms with Gasteiger partial charge in [0.15, 0.2) is 0 Å². The fraction of sp³-hybridized carbons (Fsp3) is 0.476. The van der Waals surface area contributed by atoms with Gasteiger partial charge in [-0.15, -0.1) is 0 Å². The number of carbonyl (C=O) groups excluding carboxylic acids is 1. The molecule has 3 heterocycles. The van der Waals surface area contributed by atoms with E-state index >= 15 is 0 Å². The summed E-state index contributed by atoms with van der Waals surface area (Å²) < 4.78 is 5.21. The summed E-state index contributed by atoms with van der Waals surface area (Å²) in [6.45, 7) is 4.80. The van der Waals surface area contributed by atoms with Crippen LogP contribution < -0.4 is 0 Å². The summed E-state index contributed by atoms with van der Waals surface area (Å²) in [6.07, 6.45) is 7.74. The molecule has 0 bridgehead atoms. The quantitative estimate of drug-likeness (QED) is 0.853. The lowest BCUT2D eigenvalue weighted by Gasteiger charge is -2.48. The number of hydrogen-bond donors (Lipinski definition) is 0. The molecule has 2 saturated heterocycles. The van der Waals surface area contributed by atoms with E-state index in [4.69, 9.17) is 4.42 Å². The highest BCUT2D eigenvalue weighted by Gasteiger charge is 2.41. The van der Waals surface area contributed by atoms with Crippen LogP contribution in [0.4, 0.5) is 0 Å². The van der Waals surface area contributed by atoms with Crippen LogP contribution in [0.5, 0.6) is 0 Å². The van der Waals surface area contributed by atoms with Gasteiger partial charge in [0.2, 0.25) is 5.91 Å². The predicted molar refractivity (Wildman–Crippen MR) is 96.7 cm³/mol. The van der Waals surface area contributed by atoms with Gasteiger partial charge in [-0.25, -0.2) is 0 Å². The topological polar surface area (TPSA) is 36.7 Å². The van der Waals surface area contributed by atoms with Gasteiger partial charge in [-0.2, -0.15) is 0 Å². The van der Waals surface area contributed by atoms with Gasteiger partial charge in [0, 0.05) is 43.6 Å². The van der Waals surface area contributed by atoms with Crippen molar-refractivity contribution in [2.24, 2.45) is 5.41 Å². The van der Waals surface area contributed by atoms with Crippen molar-refractivity contribution >= 4 is 5.91 Å². The maximum Gasteiger partial charge on any atom is 0.222 e. The lowest BCUT2D eigenvalue weighted by atomic mass is 9.73. The van der Waals surface area contributed by atoms with Crippen LogP contribution in [0.25, 0.3) is 0 Å². The SMILES string of the molecule is O=C1CC[C@]2(CCCN(Cc3ccoc3)C2)CN1Cc1ccccc1. The molecule has 0 aliphatic carbocycles. The van der Waals surface area contributed by atoms with Crippen LogP contribution >= 0.6 is 0 Å². The molecule has 0 N–H and O–H groups in total. The van der Waals surface area contributed by atoms with E-state index in [-0.39, 0.29) is 5.41 Å². The van der Waals surface area contributed by atoms with E-state index in [1.54, 1.807) is 6.26 Å². The average molecular weight is 338 g/mol. The van der Waals surface area contributed by atoms with Crippen molar-refractivity contribution in [1.82, 2.24) is 9.80 Å². The van der Waals surface area contributed by atoms with Crippen LogP contribution in [0.2, 0.25) is 0 Å². The van der Waals surface area contributed by atoms with Crippen molar-refractivity contribution < 1.29 is 9.21 Å². The molecule has 1 aromatic carbocycles. The summed E-state index contributed by atoms with van der Waals surface area (Å²) >= 11 is 0. The average Bonchev–Trinajstić information content (AvgIpc) is 3.13. The highest BCUT2D eigenvalue weighted by Crippen LogP contribution is 2.39. The molecule has 2 aliphatic heterocycles. The number of nitrogens with zero attached hydrogens (tertiary/aromatic N) is 2. The molecule has 1 aromatic heterocycles. The summed E-state index contributed by atoms with van der Waals surface area (Å²) in [5.41, 5.74) is 2.72. The minimum absolute atomic E-state index is 0.255. The standard InChI is InChI=1S/C21H26N2O2/c24-20-7-10-21(17-23(20)14-18-5-2-1-3-6-18)9-4-11-22(16-21)13-19-8-12-25-15-19/h1-3,5-6,8,12,15H,4,7,9-11,13-14,16-17H2/t21-/m0/s1. The first-order chi connectivity index (χ1) is 12.2. The third kappa shape index (κ3) is 3.79. The molecule has 2 aromatic rings. The van der Waals surface area contributed by atoms with Crippen molar-refractivity contribution in [3.63, 3.8) is 0 Å². The molecule has 0 saturated carbocycles. The minimum Gasteiger partial charge on any atom is -0.472 e. The number of piperidine rings is 2. The summed E-state index contributed by atoms with van der Waals surface area (Å²) in [5.74, 6) is 0.307. The Bertz CT molecular complexity index is 698. The Morgan fingerprint density at radius 1 is 1.00 bits per heavy atom. The number of hydrogen-bond acceptors (Lipinski definition) is 3. The van der Waals surface area contributed by atoms with Gasteiger partial charge in [-0.3, -0.25) is 9.69 Å². The maximum absolute atomic E-state index is 12.5. The zero-order chi connectivity index (χ0) is 17.1. The molecule has 4 rings (SSSR count). The monoisotopic (exact) mass is 338 g/mol. The van der Waals surface area contributed by atoms with Crippen LogP contribution in [-0.4, -0.2) is 35.3 Å². The summed E-state index contributed by atoms with van der Waals surface area (Å²) in [4.78, 5) is 17.1. The Labute approximate surface area is 149 Å². The molecular weight excluding hydrogens is 312 g/mol. The van der Waals surface area contributed by atoms with E-state index in [0.717, 1.165) is 39.1 Å². The smallest absolute Gasteiger partial charge is 0.222 e. The van der Waals surface area contributed by atoms with Gasteiger partial charge in [0.05, 0.1) is 12.5 Å². The molecular formula is C21H26N2O2. The van der Waals surface area contributed by atoms with Crippen molar-refractivity contribution in [1.29, 1.82) is 0 Å². The molecule has 1 atom stereocenters. The number of furan rings is 1. The first-order valence-electron chi connectivity index (χ1n) is 9.28. The number of rotatable bonds is 4. The van der Waals surface area contributed by atoms with E-state index in [2.05, 4.69) is 21.9 Å². The maximum atomic E-state index is 12.5. The Hall–Kier alpha value is -2.07. The van der Waals surface area contributed by atoms with E-state index in [9.17, 15) is 4.79 Å². The molecule has 2 aliphatic rings. The van der Waals surface area contributed by atoms with Gasteiger partial charge in [-0.05, 0) is 37.4 Å². The third-order valence-corrected chi connectivity index (χ3v) is 5.69. The van der Waals surface area contributed by atoms with E-state index in [0.29, 0.717) is 12.3 Å². The van der Waals surface area contributed by atoms with Crippen LogP contribution in [0, 0.1) is 5.41 Å². The summed E-state index contributed by atoms with van der Waals surface area (Å²) in [5, 5.41) is 0. The number of amides is 1. The molecule has 0 unspecified atom stereocenters. The molecule has 1 spiro atoms. The van der Waals surface area contributed by atoms with Gasteiger partial charge < -0.3 is 9.32 Å². The van der Waals surface area contributed by atoms with Gasteiger partial charge in [0.1, 0.15) is 0 Å². The van der Waals surface area contributed by atoms with Crippen LogP contribution in [-0.2, 0) is 17.9 Å². The second-order valence-corrected chi connectivity index (χ2v) is 7.68. The normalized spacial score (nSPS) is 24.8. The number of carbonyl (C=O) groups is 1. The number of benzene rings is 1. The third-order valence-electron chi connectivity index (χ3n) is 5.69. The molecule has 0 radical (unpaired) electrons. The highest BCUT2D eigenvalue weighted by atomic mass is 16.3. The molecule has 1 amide bonds. The second kappa shape index (κ2) is 7.04. The Balaban J connectivity index is 1.44. The fourth-order valence-corrected chi connectivity index (χ4v) is 4.47. The lowest BCUT2D eigenvalue weighted by Crippen LogP contribution is -2.53. The van der Waals surface area contributed by atoms with Gasteiger partial charge >= 0.3 is 0 Å². The first-order valence-corrected chi connectivity index (χ1v) is 9.28. The van der Waals surface area contributed by atoms with Gasteiger partial charge in [0.25, 0.3) is 0 Å². The van der Waals surface area contributed by atoms with Crippen molar-refractivity contribution in [2.75, 3.05) is 19.6 Å². The van der Waals surface area contributed by atoms with E-state index in [1.165, 1.54) is 24.0 Å². The Morgan fingerprint density at radius 3 is 2.68 bits per heavy atom. The Kier molecular flexibility index (Phi) is 4.62. The Morgan fingerprint density at radius 2 is 1.88 bits per heavy atom. The van der Waals surface area contributed by atoms with Gasteiger partial charge in [-0.1, -0.05) is 30.3 Å². The zero-order valence-corrected chi connectivity index (χ0v) is 14.7. The summed E-state index contributed by atoms with van der Waals surface area (Å²) in [6, 6.07) is 12.4. The van der Waals surface area contributed by atoms with Crippen molar-refractivity contribution in [2.45, 2.75) is 38.8 Å². The predicted octanol–water partition coefficient (Wildman–Crippen LogP) is 3.68. The highest BCUT2D eigenvalue weighted by molar-refractivity contribution is 5.77. The van der Waals surface area contributed by atoms with Crippen LogP contribution in [0.3, 0.4) is 0 Å². The molecule has 2 fully saturated rings. The van der Waals surface area contributed by atoms with Crippen molar-refractivity contribution in [3.8, 4) is 0 Å². The van der Waals surface area contributed by atoms with Crippen molar-refractivity contribution in [3.05, 3.63) is 60.1 Å². The van der Waals surface area contributed by atoms with E-state index in [1.807, 2.05) is 30.5 Å². The largest absolute Gasteiger partial charge is 0.472 e. The second-order valence-electron chi connectivity index (χ2n) is 7.68. The molecule has 132 valence electrons. The van der Waals surface area contributed by atoms with Crippen LogP contribution in [0.15, 0.2) is 53.3 Å².